The summed E-state index contributed by atoms with van der Waals surface area (Å²) in [6, 6.07) is -0.800. The van der Waals surface area contributed by atoms with Gasteiger partial charge < -0.3 is 15.0 Å². The Kier molecular flexibility index (Phi) is 4.33. The van der Waals surface area contributed by atoms with Crippen LogP contribution in [0.25, 0.3) is 0 Å². The van der Waals surface area contributed by atoms with Gasteiger partial charge in [-0.3, -0.25) is 4.79 Å². The number of nitrogens with zero attached hydrogens (tertiary/aromatic N) is 2. The number of carboxylic acids is 1. The molecule has 0 aliphatic rings. The molecule has 1 aromatic rings. The van der Waals surface area contributed by atoms with Gasteiger partial charge in [-0.2, -0.15) is 0 Å². The van der Waals surface area contributed by atoms with Crippen LogP contribution < -0.4 is 5.32 Å². The Bertz CT molecular complexity index is 310. The molecule has 0 aliphatic carbocycles. The van der Waals surface area contributed by atoms with Gasteiger partial charge >= 0.3 is 5.97 Å². The summed E-state index contributed by atoms with van der Waals surface area (Å²) in [5, 5.41) is 11.0. The molecule has 1 unspecified atom stereocenters. The zero-order valence-electron chi connectivity index (χ0n) is 8.17. The summed E-state index contributed by atoms with van der Waals surface area (Å²) in [6.07, 6.45) is 6.64. The number of imidazole rings is 1. The van der Waals surface area contributed by atoms with Crippen LogP contribution in [0.4, 0.5) is 0 Å². The van der Waals surface area contributed by atoms with Crippen LogP contribution in [0.15, 0.2) is 18.7 Å². The van der Waals surface area contributed by atoms with Gasteiger partial charge in [-0.25, -0.2) is 9.78 Å². The van der Waals surface area contributed by atoms with Crippen molar-refractivity contribution < 1.29 is 14.7 Å². The van der Waals surface area contributed by atoms with E-state index in [1.807, 2.05) is 10.8 Å². The maximum absolute atomic E-state index is 10.6. The molecule has 15 heavy (non-hydrogen) atoms. The summed E-state index contributed by atoms with van der Waals surface area (Å²) in [5.41, 5.74) is 0. The van der Waals surface area contributed by atoms with Gasteiger partial charge in [0.25, 0.3) is 0 Å². The zero-order valence-corrected chi connectivity index (χ0v) is 8.17. The molecule has 6 nitrogen and oxygen atoms in total. The molecule has 2 N–H and O–H groups in total. The van der Waals surface area contributed by atoms with Crippen molar-refractivity contribution in [3.05, 3.63) is 18.7 Å². The third kappa shape index (κ3) is 3.80. The maximum Gasteiger partial charge on any atom is 0.326 e. The molecule has 1 atom stereocenters. The van der Waals surface area contributed by atoms with Crippen LogP contribution in [0.3, 0.4) is 0 Å². The Hall–Kier alpha value is -1.85. The minimum absolute atomic E-state index is 0.409. The highest BCUT2D eigenvalue weighted by Gasteiger charge is 2.14. The lowest BCUT2D eigenvalue weighted by atomic mass is 10.1. The molecule has 1 heterocycles. The number of carbonyl (C=O) groups excluding carboxylic acids is 1. The van der Waals surface area contributed by atoms with Gasteiger partial charge in [-0.05, 0) is 12.8 Å². The number of aliphatic carboxylic acids is 1. The molecule has 0 aromatic carbocycles. The van der Waals surface area contributed by atoms with E-state index in [4.69, 9.17) is 5.11 Å². The summed E-state index contributed by atoms with van der Waals surface area (Å²) in [6.45, 7) is 0.699. The first-order valence-electron chi connectivity index (χ1n) is 4.62. The minimum Gasteiger partial charge on any atom is -0.480 e. The number of hydrogen-bond donors (Lipinski definition) is 2. The first kappa shape index (κ1) is 11.2. The van der Waals surface area contributed by atoms with E-state index in [0.29, 0.717) is 25.8 Å². The van der Waals surface area contributed by atoms with E-state index >= 15 is 0 Å². The van der Waals surface area contributed by atoms with Crippen molar-refractivity contribution in [2.75, 3.05) is 0 Å². The summed E-state index contributed by atoms with van der Waals surface area (Å²) in [7, 11) is 0. The summed E-state index contributed by atoms with van der Waals surface area (Å²) >= 11 is 0. The molecule has 1 rings (SSSR count). The summed E-state index contributed by atoms with van der Waals surface area (Å²) in [5.74, 6) is -1.01. The molecular weight excluding hydrogens is 198 g/mol. The van der Waals surface area contributed by atoms with Crippen LogP contribution in [0, 0.1) is 0 Å². The molecule has 0 spiro atoms. The van der Waals surface area contributed by atoms with Gasteiger partial charge in [0.05, 0.1) is 6.33 Å². The van der Waals surface area contributed by atoms with Crippen LogP contribution in [-0.4, -0.2) is 33.1 Å². The second-order valence-corrected chi connectivity index (χ2v) is 3.12. The van der Waals surface area contributed by atoms with Gasteiger partial charge in [0.15, 0.2) is 0 Å². The smallest absolute Gasteiger partial charge is 0.326 e. The van der Waals surface area contributed by atoms with Gasteiger partial charge in [0.2, 0.25) is 6.41 Å². The highest BCUT2D eigenvalue weighted by molar-refractivity contribution is 5.76. The highest BCUT2D eigenvalue weighted by atomic mass is 16.4. The number of hydrogen-bond acceptors (Lipinski definition) is 3. The summed E-state index contributed by atoms with van der Waals surface area (Å²) < 4.78 is 1.86. The van der Waals surface area contributed by atoms with Crippen molar-refractivity contribution in [3.8, 4) is 0 Å². The Morgan fingerprint density at radius 2 is 2.47 bits per heavy atom. The maximum atomic E-state index is 10.6. The third-order valence-electron chi connectivity index (χ3n) is 2.04. The quantitative estimate of drug-likeness (QED) is 0.615. The van der Waals surface area contributed by atoms with Crippen molar-refractivity contribution in [2.45, 2.75) is 25.4 Å². The minimum atomic E-state index is -1.01. The number of carbonyl (C=O) groups is 2. The van der Waals surface area contributed by atoms with Crippen molar-refractivity contribution in [3.63, 3.8) is 0 Å². The van der Waals surface area contributed by atoms with Crippen LogP contribution in [0.1, 0.15) is 12.8 Å². The highest BCUT2D eigenvalue weighted by Crippen LogP contribution is 2.00. The van der Waals surface area contributed by atoms with Gasteiger partial charge in [-0.1, -0.05) is 0 Å². The Balaban J connectivity index is 2.28. The Labute approximate surface area is 86.9 Å². The number of rotatable bonds is 7. The Morgan fingerprint density at radius 1 is 1.67 bits per heavy atom. The fourth-order valence-electron chi connectivity index (χ4n) is 1.26. The van der Waals surface area contributed by atoms with Gasteiger partial charge in [0, 0.05) is 18.9 Å². The number of aromatic nitrogens is 2. The van der Waals surface area contributed by atoms with E-state index in [0.717, 1.165) is 0 Å². The average molecular weight is 211 g/mol. The lowest BCUT2D eigenvalue weighted by Crippen LogP contribution is -2.35. The van der Waals surface area contributed by atoms with Crippen LogP contribution in [0.2, 0.25) is 0 Å². The van der Waals surface area contributed by atoms with Crippen molar-refractivity contribution in [1.82, 2.24) is 14.9 Å². The van der Waals surface area contributed by atoms with E-state index in [2.05, 4.69) is 10.3 Å². The number of amides is 1. The van der Waals surface area contributed by atoms with E-state index in [1.165, 1.54) is 0 Å². The van der Waals surface area contributed by atoms with E-state index in [1.54, 1.807) is 12.5 Å². The average Bonchev–Trinajstić information content (AvgIpc) is 2.69. The lowest BCUT2D eigenvalue weighted by molar-refractivity contribution is -0.140. The largest absolute Gasteiger partial charge is 0.480 e. The standard InChI is InChI=1S/C9H13N3O3/c13-7-11-8(9(14)15)2-1-4-12-5-3-10-6-12/h3,5-8H,1-2,4H2,(H,11,13)(H,14,15). The molecule has 1 aromatic heterocycles. The molecule has 1 amide bonds. The molecular formula is C9H13N3O3. The van der Waals surface area contributed by atoms with Crippen molar-refractivity contribution >= 4 is 12.4 Å². The lowest BCUT2D eigenvalue weighted by Gasteiger charge is -2.10. The second kappa shape index (κ2) is 5.79. The molecule has 0 bridgehead atoms. The fourth-order valence-corrected chi connectivity index (χ4v) is 1.26. The first-order chi connectivity index (χ1) is 7.24. The van der Waals surface area contributed by atoms with Crippen LogP contribution >= 0.6 is 0 Å². The van der Waals surface area contributed by atoms with Crippen molar-refractivity contribution in [2.24, 2.45) is 0 Å². The molecule has 0 fully saturated rings. The van der Waals surface area contributed by atoms with Gasteiger partial charge in [0.1, 0.15) is 6.04 Å². The Morgan fingerprint density at radius 3 is 3.00 bits per heavy atom. The molecule has 6 heteroatoms. The number of aryl methyl sites for hydroxylation is 1. The molecule has 82 valence electrons. The van der Waals surface area contributed by atoms with E-state index in [-0.39, 0.29) is 0 Å². The number of nitrogens with one attached hydrogen (secondary N) is 1. The normalized spacial score (nSPS) is 12.0. The summed E-state index contributed by atoms with van der Waals surface area (Å²) in [4.78, 5) is 24.6. The molecule has 0 saturated heterocycles. The van der Waals surface area contributed by atoms with Gasteiger partial charge in [-0.15, -0.1) is 0 Å². The predicted octanol–water partition coefficient (Wildman–Crippen LogP) is -0.138. The zero-order chi connectivity index (χ0) is 11.1. The number of carboxylic acid groups (broad SMARTS) is 1. The van der Waals surface area contributed by atoms with E-state index in [9.17, 15) is 9.59 Å². The molecule has 0 aliphatic heterocycles. The monoisotopic (exact) mass is 211 g/mol. The third-order valence-corrected chi connectivity index (χ3v) is 2.04. The van der Waals surface area contributed by atoms with Crippen molar-refractivity contribution in [1.29, 1.82) is 0 Å². The SMILES string of the molecule is O=CNC(CCCn1ccnc1)C(=O)O. The predicted molar refractivity (Wildman–Crippen MR) is 52.1 cm³/mol. The van der Waals surface area contributed by atoms with E-state index < -0.39 is 12.0 Å². The van der Waals surface area contributed by atoms with Crippen LogP contribution in [0.5, 0.6) is 0 Å². The molecule has 0 radical (unpaired) electrons. The topological polar surface area (TPSA) is 84.2 Å². The fraction of sp³-hybridized carbons (Fsp3) is 0.444. The molecule has 0 saturated carbocycles. The van der Waals surface area contributed by atoms with Crippen LogP contribution in [-0.2, 0) is 16.1 Å². The first-order valence-corrected chi connectivity index (χ1v) is 4.62. The second-order valence-electron chi connectivity index (χ2n) is 3.12.